The van der Waals surface area contributed by atoms with Crippen LogP contribution in [0.3, 0.4) is 0 Å². The maximum Gasteiger partial charge on any atom is 0.320 e. The average Bonchev–Trinajstić information content (AvgIpc) is 2.88. The third-order valence-electron chi connectivity index (χ3n) is 2.63. The van der Waals surface area contributed by atoms with Gasteiger partial charge < -0.3 is 9.84 Å². The molecule has 2 amide bonds. The average molecular weight is 259 g/mol. The predicted molar refractivity (Wildman–Crippen MR) is 73.9 cm³/mol. The monoisotopic (exact) mass is 259 g/mol. The van der Waals surface area contributed by atoms with E-state index in [-0.39, 0.29) is 6.03 Å². The first-order valence-corrected chi connectivity index (χ1v) is 6.36. The molecule has 0 saturated heterocycles. The molecule has 0 spiro atoms. The van der Waals surface area contributed by atoms with Gasteiger partial charge in [0, 0.05) is 18.2 Å². The number of nitrogens with zero attached hydrogens (tertiary/aromatic N) is 1. The molecule has 2 rings (SSSR count). The first kappa shape index (κ1) is 13.1. The lowest BCUT2D eigenvalue weighted by Gasteiger charge is -2.03. The van der Waals surface area contributed by atoms with Gasteiger partial charge in [-0.1, -0.05) is 48.8 Å². The van der Waals surface area contributed by atoms with Crippen molar-refractivity contribution in [2.75, 3.05) is 11.9 Å². The number of rotatable bonds is 5. The van der Waals surface area contributed by atoms with Crippen LogP contribution >= 0.6 is 0 Å². The van der Waals surface area contributed by atoms with Crippen LogP contribution in [0, 0.1) is 0 Å². The van der Waals surface area contributed by atoms with Crippen molar-refractivity contribution in [2.45, 2.75) is 19.8 Å². The van der Waals surface area contributed by atoms with Crippen LogP contribution in [0.2, 0.25) is 0 Å². The van der Waals surface area contributed by atoms with Gasteiger partial charge in [0.15, 0.2) is 11.6 Å². The van der Waals surface area contributed by atoms with Crippen molar-refractivity contribution in [2.24, 2.45) is 0 Å². The lowest BCUT2D eigenvalue weighted by atomic mass is 10.2. The Hall–Kier alpha value is -2.30. The van der Waals surface area contributed by atoms with Crippen LogP contribution in [0.5, 0.6) is 0 Å². The molecule has 1 aromatic carbocycles. The molecule has 1 heterocycles. The smallest absolute Gasteiger partial charge is 0.320 e. The molecule has 0 saturated carbocycles. The Balaban J connectivity index is 1.93. The van der Waals surface area contributed by atoms with Gasteiger partial charge in [0.25, 0.3) is 0 Å². The van der Waals surface area contributed by atoms with E-state index in [0.717, 1.165) is 18.4 Å². The Morgan fingerprint density at radius 1 is 1.32 bits per heavy atom. The molecule has 0 aliphatic rings. The van der Waals surface area contributed by atoms with E-state index >= 15 is 0 Å². The number of hydrogen-bond donors (Lipinski definition) is 2. The molecule has 0 unspecified atom stereocenters. The van der Waals surface area contributed by atoms with Crippen molar-refractivity contribution in [1.29, 1.82) is 0 Å². The van der Waals surface area contributed by atoms with E-state index in [2.05, 4.69) is 22.7 Å². The summed E-state index contributed by atoms with van der Waals surface area (Å²) in [5.74, 6) is 1.04. The van der Waals surface area contributed by atoms with E-state index in [9.17, 15) is 4.79 Å². The number of amides is 2. The zero-order valence-corrected chi connectivity index (χ0v) is 10.8. The van der Waals surface area contributed by atoms with Gasteiger partial charge in [0.2, 0.25) is 0 Å². The Labute approximate surface area is 112 Å². The third-order valence-corrected chi connectivity index (χ3v) is 2.63. The number of anilines is 1. The molecular formula is C14H17N3O2. The van der Waals surface area contributed by atoms with E-state index in [1.807, 2.05) is 30.3 Å². The fraction of sp³-hybridized carbons (Fsp3) is 0.286. The fourth-order valence-corrected chi connectivity index (χ4v) is 1.61. The van der Waals surface area contributed by atoms with Gasteiger partial charge in [-0.2, -0.15) is 0 Å². The van der Waals surface area contributed by atoms with Gasteiger partial charge in [-0.05, 0) is 6.42 Å². The molecule has 0 fully saturated rings. The van der Waals surface area contributed by atoms with Crippen LogP contribution < -0.4 is 10.6 Å². The molecule has 0 aliphatic carbocycles. The summed E-state index contributed by atoms with van der Waals surface area (Å²) in [4.78, 5) is 11.5. The summed E-state index contributed by atoms with van der Waals surface area (Å²) >= 11 is 0. The SMILES string of the molecule is CCCCNC(=O)Nc1cc(-c2ccccc2)on1. The predicted octanol–water partition coefficient (Wildman–Crippen LogP) is 3.26. The minimum absolute atomic E-state index is 0.263. The number of benzene rings is 1. The zero-order chi connectivity index (χ0) is 13.5. The Morgan fingerprint density at radius 3 is 2.84 bits per heavy atom. The van der Waals surface area contributed by atoms with Gasteiger partial charge in [-0.3, -0.25) is 5.32 Å². The van der Waals surface area contributed by atoms with Gasteiger partial charge in [-0.25, -0.2) is 4.79 Å². The summed E-state index contributed by atoms with van der Waals surface area (Å²) in [5, 5.41) is 9.20. The van der Waals surface area contributed by atoms with Gasteiger partial charge in [0.1, 0.15) is 0 Å². The molecule has 0 atom stereocenters. The summed E-state index contributed by atoms with van der Waals surface area (Å²) in [6.45, 7) is 2.73. The second kappa shape index (κ2) is 6.58. The molecule has 19 heavy (non-hydrogen) atoms. The van der Waals surface area contributed by atoms with Gasteiger partial charge in [0.05, 0.1) is 0 Å². The van der Waals surface area contributed by atoms with Crippen LogP contribution in [-0.4, -0.2) is 17.7 Å². The van der Waals surface area contributed by atoms with Crippen molar-refractivity contribution in [1.82, 2.24) is 10.5 Å². The van der Waals surface area contributed by atoms with Gasteiger partial charge in [-0.15, -0.1) is 0 Å². The van der Waals surface area contributed by atoms with Crippen LogP contribution in [0.25, 0.3) is 11.3 Å². The quantitative estimate of drug-likeness (QED) is 0.810. The number of carbonyl (C=O) groups excluding carboxylic acids is 1. The summed E-state index contributed by atoms with van der Waals surface area (Å²) < 4.78 is 5.18. The van der Waals surface area contributed by atoms with Crippen molar-refractivity contribution in [3.8, 4) is 11.3 Å². The number of carbonyl (C=O) groups is 1. The Bertz CT molecular complexity index is 522. The summed E-state index contributed by atoms with van der Waals surface area (Å²) in [5.41, 5.74) is 0.925. The van der Waals surface area contributed by atoms with Crippen LogP contribution in [0.4, 0.5) is 10.6 Å². The number of aromatic nitrogens is 1. The molecule has 5 heteroatoms. The van der Waals surface area contributed by atoms with Gasteiger partial charge >= 0.3 is 6.03 Å². The fourth-order valence-electron chi connectivity index (χ4n) is 1.61. The zero-order valence-electron chi connectivity index (χ0n) is 10.8. The molecule has 2 N–H and O–H groups in total. The van der Waals surface area contributed by atoms with E-state index < -0.39 is 0 Å². The lowest BCUT2D eigenvalue weighted by Crippen LogP contribution is -2.29. The van der Waals surface area contributed by atoms with Crippen molar-refractivity contribution in [3.63, 3.8) is 0 Å². The van der Waals surface area contributed by atoms with Crippen LogP contribution in [0.15, 0.2) is 40.9 Å². The highest BCUT2D eigenvalue weighted by atomic mass is 16.5. The van der Waals surface area contributed by atoms with Crippen molar-refractivity contribution in [3.05, 3.63) is 36.4 Å². The molecule has 1 aromatic heterocycles. The molecule has 0 aliphatic heterocycles. The highest BCUT2D eigenvalue weighted by Crippen LogP contribution is 2.21. The van der Waals surface area contributed by atoms with E-state index in [0.29, 0.717) is 18.1 Å². The first-order chi connectivity index (χ1) is 9.29. The topological polar surface area (TPSA) is 67.2 Å². The number of nitrogens with one attached hydrogen (secondary N) is 2. The number of unbranched alkanes of at least 4 members (excludes halogenated alkanes) is 1. The summed E-state index contributed by atoms with van der Waals surface area (Å²) in [7, 11) is 0. The number of urea groups is 1. The highest BCUT2D eigenvalue weighted by molar-refractivity contribution is 5.88. The highest BCUT2D eigenvalue weighted by Gasteiger charge is 2.08. The third kappa shape index (κ3) is 3.84. The second-order valence-corrected chi connectivity index (χ2v) is 4.18. The molecule has 100 valence electrons. The van der Waals surface area contributed by atoms with E-state index in [1.54, 1.807) is 6.07 Å². The van der Waals surface area contributed by atoms with E-state index in [1.165, 1.54) is 0 Å². The lowest BCUT2D eigenvalue weighted by molar-refractivity contribution is 0.251. The molecule has 2 aromatic rings. The first-order valence-electron chi connectivity index (χ1n) is 6.36. The van der Waals surface area contributed by atoms with E-state index in [4.69, 9.17) is 4.52 Å². The van der Waals surface area contributed by atoms with Crippen molar-refractivity contribution < 1.29 is 9.32 Å². The second-order valence-electron chi connectivity index (χ2n) is 4.18. The minimum atomic E-state index is -0.263. The maximum atomic E-state index is 11.5. The van der Waals surface area contributed by atoms with Crippen LogP contribution in [0.1, 0.15) is 19.8 Å². The molecular weight excluding hydrogens is 242 g/mol. The number of hydrogen-bond acceptors (Lipinski definition) is 3. The van der Waals surface area contributed by atoms with Crippen LogP contribution in [-0.2, 0) is 0 Å². The largest absolute Gasteiger partial charge is 0.354 e. The minimum Gasteiger partial charge on any atom is -0.354 e. The summed E-state index contributed by atoms with van der Waals surface area (Å²) in [6, 6.07) is 11.1. The maximum absolute atomic E-state index is 11.5. The normalized spacial score (nSPS) is 10.2. The Morgan fingerprint density at radius 2 is 2.11 bits per heavy atom. The molecule has 5 nitrogen and oxygen atoms in total. The Kier molecular flexibility index (Phi) is 4.55. The molecule has 0 bridgehead atoms. The summed E-state index contributed by atoms with van der Waals surface area (Å²) in [6.07, 6.45) is 2.00. The van der Waals surface area contributed by atoms with Crippen molar-refractivity contribution >= 4 is 11.8 Å². The molecule has 0 radical (unpaired) electrons. The standard InChI is InChI=1S/C14H17N3O2/c1-2-3-9-15-14(18)16-13-10-12(19-17-13)11-7-5-4-6-8-11/h4-8,10H,2-3,9H2,1H3,(H2,15,16,17,18).